The number of carbonyl (C=O) groups excluding carboxylic acids is 4. The molecule has 6 rings (SSSR count). The number of carbonyl (C=O) groups is 4. The topological polar surface area (TPSA) is 175 Å². The average molecular weight is 789 g/mol. The van der Waals surface area contributed by atoms with Gasteiger partial charge >= 0.3 is 12.2 Å². The molecule has 2 fully saturated rings. The molecule has 2 aliphatic rings. The van der Waals surface area contributed by atoms with Crippen LogP contribution in [0.15, 0.2) is 54.9 Å². The van der Waals surface area contributed by atoms with E-state index < -0.39 is 35.5 Å². The smallest absolute Gasteiger partial charge is 0.407 e. The lowest BCUT2D eigenvalue weighted by atomic mass is 9.85. The van der Waals surface area contributed by atoms with Crippen LogP contribution < -0.4 is 10.6 Å². The summed E-state index contributed by atoms with van der Waals surface area (Å²) in [5.41, 5.74) is 3.39. The first-order chi connectivity index (χ1) is 26.7. The molecule has 0 unspecified atom stereocenters. The number of ether oxygens (including phenoxy) is 2. The SMILES string of the molecule is COC(=O)N[C@@H](C)C(=O)N1CCC[C@H]1c1ncc(-c2ccc(-c3ccc(-c4cnc([C@@H]5C[C@H](SC)CN5C(=O)[C@@H](NC(=O)OC)C(C)(C)C)[nH]4)cc3F)cc2)[nH]1. The highest BCUT2D eigenvalue weighted by Crippen LogP contribution is 2.39. The van der Waals surface area contributed by atoms with Gasteiger partial charge in [-0.15, -0.1) is 0 Å². The van der Waals surface area contributed by atoms with Gasteiger partial charge in [0.2, 0.25) is 11.8 Å². The second-order valence-electron chi connectivity index (χ2n) is 15.2. The van der Waals surface area contributed by atoms with Gasteiger partial charge in [-0.2, -0.15) is 11.8 Å². The second-order valence-corrected chi connectivity index (χ2v) is 16.4. The third kappa shape index (κ3) is 8.54. The largest absolute Gasteiger partial charge is 0.453 e. The zero-order chi connectivity index (χ0) is 40.3. The fraction of sp³-hybridized carbons (Fsp3) is 0.450. The van der Waals surface area contributed by atoms with Gasteiger partial charge < -0.3 is 39.9 Å². The van der Waals surface area contributed by atoms with Crippen molar-refractivity contribution in [2.24, 2.45) is 5.41 Å². The number of hydrogen-bond acceptors (Lipinski definition) is 9. The Bertz CT molecular complexity index is 2060. The molecular weight excluding hydrogens is 740 g/mol. The van der Waals surface area contributed by atoms with Crippen LogP contribution >= 0.6 is 11.8 Å². The molecular formula is C40H49FN8O6S. The van der Waals surface area contributed by atoms with E-state index in [1.54, 1.807) is 46.9 Å². The van der Waals surface area contributed by atoms with Gasteiger partial charge in [0.25, 0.3) is 0 Å². The van der Waals surface area contributed by atoms with Crippen molar-refractivity contribution in [3.8, 4) is 33.6 Å². The highest BCUT2D eigenvalue weighted by molar-refractivity contribution is 7.99. The van der Waals surface area contributed by atoms with Crippen molar-refractivity contribution in [2.45, 2.75) is 76.4 Å². The zero-order valence-electron chi connectivity index (χ0n) is 32.6. The van der Waals surface area contributed by atoms with Crippen molar-refractivity contribution in [2.75, 3.05) is 33.6 Å². The van der Waals surface area contributed by atoms with Crippen molar-refractivity contribution < 1.29 is 33.0 Å². The molecule has 0 radical (unpaired) electrons. The number of nitrogens with one attached hydrogen (secondary N) is 4. The lowest BCUT2D eigenvalue weighted by Gasteiger charge is -2.35. The van der Waals surface area contributed by atoms with E-state index in [0.717, 1.165) is 24.1 Å². The van der Waals surface area contributed by atoms with E-state index in [4.69, 9.17) is 4.74 Å². The number of nitrogens with zero attached hydrogens (tertiary/aromatic N) is 4. The summed E-state index contributed by atoms with van der Waals surface area (Å²) in [6.07, 6.45) is 6.27. The van der Waals surface area contributed by atoms with E-state index in [-0.39, 0.29) is 29.1 Å². The molecule has 56 heavy (non-hydrogen) atoms. The van der Waals surface area contributed by atoms with Gasteiger partial charge in [0.05, 0.1) is 50.1 Å². The molecule has 2 aromatic carbocycles. The molecule has 4 aromatic rings. The molecule has 0 aliphatic carbocycles. The van der Waals surface area contributed by atoms with Crippen LogP contribution in [-0.4, -0.2) is 105 Å². The van der Waals surface area contributed by atoms with E-state index in [9.17, 15) is 19.2 Å². The fourth-order valence-electron chi connectivity index (χ4n) is 7.37. The Hall–Kier alpha value is -5.38. The Balaban J connectivity index is 1.15. The Morgan fingerprint density at radius 1 is 0.857 bits per heavy atom. The Morgan fingerprint density at radius 3 is 2.05 bits per heavy atom. The minimum Gasteiger partial charge on any atom is -0.453 e. The quantitative estimate of drug-likeness (QED) is 0.141. The van der Waals surface area contributed by atoms with Gasteiger partial charge in [-0.25, -0.2) is 23.9 Å². The number of H-pyrrole nitrogens is 2. The zero-order valence-corrected chi connectivity index (χ0v) is 33.5. The number of amides is 4. The third-order valence-electron chi connectivity index (χ3n) is 10.5. The number of thioether (sulfide) groups is 1. The summed E-state index contributed by atoms with van der Waals surface area (Å²) < 4.78 is 25.2. The number of methoxy groups -OCH3 is 2. The van der Waals surface area contributed by atoms with Crippen molar-refractivity contribution in [1.82, 2.24) is 40.4 Å². The molecule has 14 nitrogen and oxygen atoms in total. The molecule has 2 aliphatic heterocycles. The lowest BCUT2D eigenvalue weighted by molar-refractivity contribution is -0.137. The van der Waals surface area contributed by atoms with Crippen LogP contribution in [0.1, 0.15) is 70.7 Å². The van der Waals surface area contributed by atoms with E-state index in [1.165, 1.54) is 20.3 Å². The van der Waals surface area contributed by atoms with Crippen LogP contribution in [0.5, 0.6) is 0 Å². The van der Waals surface area contributed by atoms with E-state index in [0.29, 0.717) is 53.5 Å². The molecule has 0 bridgehead atoms. The van der Waals surface area contributed by atoms with E-state index >= 15 is 4.39 Å². The number of aromatic amines is 2. The molecule has 0 spiro atoms. The molecule has 5 atom stereocenters. The summed E-state index contributed by atoms with van der Waals surface area (Å²) in [6.45, 7) is 8.36. The molecule has 4 heterocycles. The van der Waals surface area contributed by atoms with Crippen molar-refractivity contribution in [3.63, 3.8) is 0 Å². The normalized spacial score (nSPS) is 19.4. The number of hydrogen-bond donors (Lipinski definition) is 4. The number of likely N-dealkylation sites (tertiary alicyclic amines) is 2. The van der Waals surface area contributed by atoms with Crippen molar-refractivity contribution >= 4 is 35.8 Å². The summed E-state index contributed by atoms with van der Waals surface area (Å²) in [5, 5.41) is 5.43. The molecule has 0 saturated carbocycles. The number of halogens is 1. The number of aromatic nitrogens is 4. The Labute approximate surface area is 329 Å². The first-order valence-corrected chi connectivity index (χ1v) is 19.8. The first kappa shape index (κ1) is 40.3. The minimum atomic E-state index is -0.812. The van der Waals surface area contributed by atoms with E-state index in [2.05, 4.69) is 35.3 Å². The van der Waals surface area contributed by atoms with Crippen LogP contribution in [0.4, 0.5) is 14.0 Å². The Morgan fingerprint density at radius 2 is 1.45 bits per heavy atom. The van der Waals surface area contributed by atoms with Crippen molar-refractivity contribution in [3.05, 3.63) is 72.3 Å². The molecule has 2 saturated heterocycles. The fourth-order valence-corrected chi connectivity index (χ4v) is 8.06. The van der Waals surface area contributed by atoms with E-state index in [1.807, 2.05) is 57.4 Å². The molecule has 2 aromatic heterocycles. The van der Waals surface area contributed by atoms with Gasteiger partial charge in [-0.05, 0) is 55.1 Å². The first-order valence-electron chi connectivity index (χ1n) is 18.6. The Kier molecular flexibility index (Phi) is 12.1. The summed E-state index contributed by atoms with van der Waals surface area (Å²) in [4.78, 5) is 70.3. The highest BCUT2D eigenvalue weighted by atomic mass is 32.2. The predicted molar refractivity (Wildman–Crippen MR) is 211 cm³/mol. The number of imidazole rings is 2. The minimum absolute atomic E-state index is 0.176. The number of benzene rings is 2. The maximum atomic E-state index is 15.8. The summed E-state index contributed by atoms with van der Waals surface area (Å²) in [6, 6.07) is 10.4. The maximum absolute atomic E-state index is 15.8. The molecule has 4 N–H and O–H groups in total. The average Bonchev–Trinajstić information content (AvgIpc) is 4.02. The number of alkyl carbamates (subject to hydrolysis) is 2. The highest BCUT2D eigenvalue weighted by Gasteiger charge is 2.44. The van der Waals surface area contributed by atoms with Crippen LogP contribution in [0.25, 0.3) is 33.6 Å². The lowest BCUT2D eigenvalue weighted by Crippen LogP contribution is -2.54. The summed E-state index contributed by atoms with van der Waals surface area (Å²) in [5.74, 6) is 0.419. The van der Waals surface area contributed by atoms with Crippen LogP contribution in [-0.2, 0) is 19.1 Å². The van der Waals surface area contributed by atoms with Gasteiger partial charge in [0.1, 0.15) is 29.5 Å². The van der Waals surface area contributed by atoms with Gasteiger partial charge in [-0.3, -0.25) is 9.59 Å². The van der Waals surface area contributed by atoms with Gasteiger partial charge in [-0.1, -0.05) is 57.2 Å². The third-order valence-corrected chi connectivity index (χ3v) is 11.5. The van der Waals surface area contributed by atoms with Gasteiger partial charge in [0.15, 0.2) is 0 Å². The number of rotatable bonds is 10. The van der Waals surface area contributed by atoms with Crippen LogP contribution in [0.3, 0.4) is 0 Å². The standard InChI is InChI=1S/C40H49FN8O6S/c1-22(44-38(52)54-5)36(50)48-16-8-9-31(48)34-42-19-29(45-34)24-12-10-23(11-13-24)27-15-14-25(17-28(27)41)30-20-43-35(46-30)32-18-26(56-7)21-49(32)37(51)33(40(2,3)4)47-39(53)55-6/h10-15,17,19-20,22,26,31-33H,8-9,16,18,21H2,1-7H3,(H,42,45)(H,43,46)(H,44,52)(H,47,53)/t22-,26-,31-,32-,33+/m0/s1. The molecule has 16 heteroatoms. The van der Waals surface area contributed by atoms with Crippen molar-refractivity contribution in [1.29, 1.82) is 0 Å². The van der Waals surface area contributed by atoms with Crippen LogP contribution in [0, 0.1) is 11.2 Å². The summed E-state index contributed by atoms with van der Waals surface area (Å²) in [7, 11) is 2.52. The maximum Gasteiger partial charge on any atom is 0.407 e. The predicted octanol–water partition coefficient (Wildman–Crippen LogP) is 6.46. The molecule has 4 amide bonds. The van der Waals surface area contributed by atoms with Gasteiger partial charge in [0, 0.05) is 29.5 Å². The summed E-state index contributed by atoms with van der Waals surface area (Å²) >= 11 is 1.67. The second kappa shape index (κ2) is 16.8. The molecule has 298 valence electrons. The van der Waals surface area contributed by atoms with Crippen LogP contribution in [0.2, 0.25) is 0 Å². The monoisotopic (exact) mass is 788 g/mol.